The van der Waals surface area contributed by atoms with Crippen molar-refractivity contribution in [2.75, 3.05) is 0 Å². The molecule has 112 heavy (non-hydrogen) atoms. The highest BCUT2D eigenvalue weighted by Gasteiger charge is 2.25. The Morgan fingerprint density at radius 3 is 1.10 bits per heavy atom. The fourth-order valence-corrected chi connectivity index (χ4v) is 15.4. The largest absolute Gasteiger partial charge is 0.456 e. The number of hydrogen-bond acceptors (Lipinski definition) is 14. The Hall–Kier alpha value is -15.5. The van der Waals surface area contributed by atoms with Gasteiger partial charge in [-0.3, -0.25) is 0 Å². The van der Waals surface area contributed by atoms with Crippen molar-refractivity contribution in [2.45, 2.75) is 0 Å². The molecular weight excluding hydrogens is 1380 g/mol. The summed E-state index contributed by atoms with van der Waals surface area (Å²) in [4.78, 5) is 51.4. The second-order valence-electron chi connectivity index (χ2n) is 27.7. The summed E-state index contributed by atoms with van der Waals surface area (Å²) in [5, 5.41) is 5.62. The van der Waals surface area contributed by atoms with E-state index >= 15 is 0 Å². The molecule has 0 radical (unpaired) electrons. The summed E-state index contributed by atoms with van der Waals surface area (Å²) in [5.41, 5.74) is 22.9. The van der Waals surface area contributed by atoms with Gasteiger partial charge in [0.25, 0.3) is 0 Å². The molecule has 14 heteroatoms. The van der Waals surface area contributed by atoms with Crippen molar-refractivity contribution < 1.29 is 17.7 Å². The van der Waals surface area contributed by atoms with Crippen LogP contribution in [0, 0.1) is 0 Å². The van der Waals surface area contributed by atoms with E-state index in [1.807, 2.05) is 206 Å². The summed E-state index contributed by atoms with van der Waals surface area (Å²) in [6.45, 7) is 0. The molecule has 0 atom stereocenters. The molecule has 14 nitrogen and oxygen atoms in total. The first kappa shape index (κ1) is 63.7. The van der Waals surface area contributed by atoms with E-state index in [1.54, 1.807) is 0 Å². The summed E-state index contributed by atoms with van der Waals surface area (Å²) in [5.74, 6) is 4.60. The number of hydrogen-bond donors (Lipinski definition) is 0. The van der Waals surface area contributed by atoms with Crippen molar-refractivity contribution in [3.63, 3.8) is 0 Å². The van der Waals surface area contributed by atoms with Gasteiger partial charge in [-0.1, -0.05) is 267 Å². The highest BCUT2D eigenvalue weighted by atomic mass is 16.3. The van der Waals surface area contributed by atoms with Crippen LogP contribution in [0.2, 0.25) is 0 Å². The van der Waals surface area contributed by atoms with E-state index in [4.69, 9.17) is 67.5 Å². The Kier molecular flexibility index (Phi) is 14.9. The molecule has 8 heterocycles. The van der Waals surface area contributed by atoms with Gasteiger partial charge < -0.3 is 17.7 Å². The summed E-state index contributed by atoms with van der Waals surface area (Å²) in [7, 11) is 0. The van der Waals surface area contributed by atoms with Crippen LogP contribution >= 0.6 is 0 Å². The van der Waals surface area contributed by atoms with E-state index in [-0.39, 0.29) is 0 Å². The first-order chi connectivity index (χ1) is 55.4. The van der Waals surface area contributed by atoms with Gasteiger partial charge in [-0.2, -0.15) is 0 Å². The van der Waals surface area contributed by atoms with Gasteiger partial charge in [0.05, 0.1) is 0 Å². The minimum atomic E-state index is 0.549. The second kappa shape index (κ2) is 26.2. The Morgan fingerprint density at radius 2 is 0.518 bits per heavy atom. The van der Waals surface area contributed by atoms with E-state index in [0.29, 0.717) is 85.8 Å². The van der Waals surface area contributed by atoms with Gasteiger partial charge >= 0.3 is 0 Å². The summed E-state index contributed by atoms with van der Waals surface area (Å²) >= 11 is 0. The van der Waals surface area contributed by atoms with Crippen molar-refractivity contribution in [1.29, 1.82) is 0 Å². The average molecular weight is 1440 g/mol. The molecular formula is C98H56N10O4. The van der Waals surface area contributed by atoms with Gasteiger partial charge in [0.2, 0.25) is 0 Å². The lowest BCUT2D eigenvalue weighted by molar-refractivity contribution is 0.667. The zero-order valence-corrected chi connectivity index (χ0v) is 59.4. The van der Waals surface area contributed by atoms with Crippen LogP contribution in [0.5, 0.6) is 0 Å². The highest BCUT2D eigenvalue weighted by molar-refractivity contribution is 6.15. The average Bonchev–Trinajstić information content (AvgIpc) is 1.59. The van der Waals surface area contributed by atoms with E-state index in [9.17, 15) is 0 Å². The molecule has 0 aliphatic carbocycles. The standard InChI is InChI=1S/C98H56N10O4/c1-6-22-58(23-7-1)84-90-87(102-96(99-84)67-34-18-32-65(52-67)71-37-21-41-81-83(71)74-49-46-70(56-82(74)109-81)98-107-93(62-28-12-4-13-29-62)104-94(108-98)63-30-14-5-15-31-63)77-54-64(47-50-80(77)112-90)57-42-44-59(45-43-57)85-89-86(75-36-16-17-40-78(75)111-89)101-95(100-85)68-35-19-33-66(53-68)72-38-20-39-73-76-55-69(48-51-79(76)110-88(72)73)97-105-91(60-24-8-2-9-25-60)103-92(106-97)61-26-10-3-11-27-61/h1-56H. The molecule has 0 aliphatic heterocycles. The van der Waals surface area contributed by atoms with Gasteiger partial charge in [0.1, 0.15) is 55.9 Å². The van der Waals surface area contributed by atoms with Crippen LogP contribution in [0.1, 0.15) is 0 Å². The Labute approximate surface area is 638 Å². The molecule has 0 saturated heterocycles. The first-order valence-corrected chi connectivity index (χ1v) is 36.9. The minimum Gasteiger partial charge on any atom is -0.456 e. The van der Waals surface area contributed by atoms with Crippen LogP contribution in [0.25, 0.3) is 235 Å². The van der Waals surface area contributed by atoms with Crippen LogP contribution in [0.4, 0.5) is 0 Å². The topological polar surface area (TPSA) is 181 Å². The smallest absolute Gasteiger partial charge is 0.180 e. The zero-order chi connectivity index (χ0) is 73.7. The number of rotatable bonds is 13. The molecule has 0 spiro atoms. The molecule has 14 aromatic carbocycles. The van der Waals surface area contributed by atoms with Crippen molar-refractivity contribution in [3.05, 3.63) is 340 Å². The van der Waals surface area contributed by atoms with Gasteiger partial charge in [0, 0.05) is 93.5 Å². The molecule has 0 fully saturated rings. The predicted octanol–water partition coefficient (Wildman–Crippen LogP) is 24.9. The number of fused-ring (bicyclic) bond motifs is 12. The van der Waals surface area contributed by atoms with Crippen LogP contribution in [-0.2, 0) is 0 Å². The van der Waals surface area contributed by atoms with E-state index in [2.05, 4.69) is 133 Å². The van der Waals surface area contributed by atoms with Crippen molar-refractivity contribution in [2.24, 2.45) is 0 Å². The third kappa shape index (κ3) is 11.1. The molecule has 0 amide bonds. The summed E-state index contributed by atoms with van der Waals surface area (Å²) in [6, 6.07) is 114. The Morgan fingerprint density at radius 1 is 0.161 bits per heavy atom. The lowest BCUT2D eigenvalue weighted by atomic mass is 9.97. The number of furan rings is 4. The van der Waals surface area contributed by atoms with Gasteiger partial charge in [0.15, 0.2) is 57.8 Å². The molecule has 0 saturated carbocycles. The van der Waals surface area contributed by atoms with Crippen molar-refractivity contribution in [1.82, 2.24) is 49.8 Å². The van der Waals surface area contributed by atoms with Gasteiger partial charge in [-0.05, 0) is 101 Å². The second-order valence-corrected chi connectivity index (χ2v) is 27.7. The molecule has 0 bridgehead atoms. The van der Waals surface area contributed by atoms with E-state index < -0.39 is 0 Å². The van der Waals surface area contributed by atoms with E-state index in [1.165, 1.54) is 0 Å². The third-order valence-electron chi connectivity index (χ3n) is 20.8. The molecule has 0 aliphatic rings. The number of para-hydroxylation sites is 2. The lowest BCUT2D eigenvalue weighted by Crippen LogP contribution is -2.00. The maximum atomic E-state index is 6.80. The number of nitrogens with zero attached hydrogens (tertiary/aromatic N) is 10. The maximum absolute atomic E-state index is 6.80. The maximum Gasteiger partial charge on any atom is 0.180 e. The molecule has 522 valence electrons. The van der Waals surface area contributed by atoms with Crippen LogP contribution in [0.3, 0.4) is 0 Å². The normalized spacial score (nSPS) is 11.8. The van der Waals surface area contributed by atoms with Crippen LogP contribution in [0.15, 0.2) is 357 Å². The lowest BCUT2D eigenvalue weighted by Gasteiger charge is -2.09. The van der Waals surface area contributed by atoms with Crippen LogP contribution < -0.4 is 0 Å². The Balaban J connectivity index is 0.595. The molecule has 0 N–H and O–H groups in total. The molecule has 0 unspecified atom stereocenters. The van der Waals surface area contributed by atoms with Crippen LogP contribution in [-0.4, -0.2) is 49.8 Å². The van der Waals surface area contributed by atoms with Crippen molar-refractivity contribution in [3.8, 4) is 147 Å². The monoisotopic (exact) mass is 1440 g/mol. The zero-order valence-electron chi connectivity index (χ0n) is 59.4. The third-order valence-corrected chi connectivity index (χ3v) is 20.8. The number of benzene rings is 14. The minimum absolute atomic E-state index is 0.549. The quantitative estimate of drug-likeness (QED) is 0.106. The summed E-state index contributed by atoms with van der Waals surface area (Å²) in [6.07, 6.45) is 0. The molecule has 22 aromatic rings. The fraction of sp³-hybridized carbons (Fsp3) is 0. The van der Waals surface area contributed by atoms with Gasteiger partial charge in [-0.25, -0.2) is 49.8 Å². The van der Waals surface area contributed by atoms with Crippen molar-refractivity contribution >= 4 is 88.0 Å². The Bertz CT molecular complexity index is 7380. The predicted molar refractivity (Wildman–Crippen MR) is 444 cm³/mol. The number of aromatic nitrogens is 10. The first-order valence-electron chi connectivity index (χ1n) is 36.9. The van der Waals surface area contributed by atoms with E-state index in [0.717, 1.165) is 149 Å². The summed E-state index contributed by atoms with van der Waals surface area (Å²) < 4.78 is 27.0. The molecule has 22 rings (SSSR count). The SMILES string of the molecule is c1ccc(-c2nc(-c3ccccc3)nc(-c3ccc4c(c3)oc3cccc(-c5cccc(-c6nc(-c7ccccc7)c7oc8ccc(-c9ccc(-c%10nc(-c%11cccc(-c%12cccc%13c%12oc%12ccc(-c%14nc(-c%15ccccc%15)nc(-c%15ccccc%15)n%14)cc%12%13)c%11)nc%11c%10oc%10ccccc%10%11)cc9)cc8c7n6)c5)c34)n2)cc1. The molecule has 8 aromatic heterocycles. The fourth-order valence-electron chi connectivity index (χ4n) is 15.4. The highest BCUT2D eigenvalue weighted by Crippen LogP contribution is 2.45. The van der Waals surface area contributed by atoms with Gasteiger partial charge in [-0.15, -0.1) is 0 Å².